The molecule has 1 fully saturated rings. The molecule has 0 aromatic carbocycles. The minimum atomic E-state index is 0.587. The van der Waals surface area contributed by atoms with Gasteiger partial charge in [0.15, 0.2) is 0 Å². The van der Waals surface area contributed by atoms with Crippen LogP contribution in [0, 0.1) is 0 Å². The SMILES string of the molecule is NCCn1nnnc1SC1CCCCC1. The maximum Gasteiger partial charge on any atom is 0.209 e. The van der Waals surface area contributed by atoms with Crippen LogP contribution in [0.1, 0.15) is 32.1 Å². The van der Waals surface area contributed by atoms with Crippen molar-refractivity contribution in [3.63, 3.8) is 0 Å². The van der Waals surface area contributed by atoms with Crippen molar-refractivity contribution in [2.24, 2.45) is 5.73 Å². The summed E-state index contributed by atoms with van der Waals surface area (Å²) < 4.78 is 1.80. The number of hydrogen-bond donors (Lipinski definition) is 1. The van der Waals surface area contributed by atoms with Gasteiger partial charge < -0.3 is 5.73 Å². The average molecular weight is 227 g/mol. The number of tetrazole rings is 1. The van der Waals surface area contributed by atoms with Crippen LogP contribution in [-0.4, -0.2) is 32.0 Å². The van der Waals surface area contributed by atoms with E-state index >= 15 is 0 Å². The number of hydrogen-bond acceptors (Lipinski definition) is 5. The molecular formula is C9H17N5S. The Morgan fingerprint density at radius 3 is 2.87 bits per heavy atom. The van der Waals surface area contributed by atoms with Gasteiger partial charge in [0.25, 0.3) is 0 Å². The summed E-state index contributed by atoms with van der Waals surface area (Å²) in [5.74, 6) is 0. The van der Waals surface area contributed by atoms with Crippen molar-refractivity contribution in [3.05, 3.63) is 0 Å². The van der Waals surface area contributed by atoms with Gasteiger partial charge in [-0.25, -0.2) is 4.68 Å². The normalized spacial score (nSPS) is 18.2. The molecule has 1 aliphatic rings. The van der Waals surface area contributed by atoms with E-state index in [2.05, 4.69) is 15.5 Å². The third-order valence-electron chi connectivity index (χ3n) is 2.66. The van der Waals surface area contributed by atoms with Crippen LogP contribution < -0.4 is 5.73 Å². The largest absolute Gasteiger partial charge is 0.329 e. The van der Waals surface area contributed by atoms with Crippen LogP contribution >= 0.6 is 11.8 Å². The number of nitrogens with zero attached hydrogens (tertiary/aromatic N) is 4. The lowest BCUT2D eigenvalue weighted by Gasteiger charge is -2.19. The Morgan fingerprint density at radius 1 is 1.33 bits per heavy atom. The minimum absolute atomic E-state index is 0.587. The molecule has 84 valence electrons. The van der Waals surface area contributed by atoms with Gasteiger partial charge in [0.1, 0.15) is 0 Å². The second kappa shape index (κ2) is 5.46. The summed E-state index contributed by atoms with van der Waals surface area (Å²) in [5.41, 5.74) is 5.50. The molecule has 1 aliphatic carbocycles. The van der Waals surface area contributed by atoms with Gasteiger partial charge in [0.05, 0.1) is 6.54 Å². The van der Waals surface area contributed by atoms with Crippen LogP contribution in [0.15, 0.2) is 5.16 Å². The van der Waals surface area contributed by atoms with E-state index in [0.717, 1.165) is 5.16 Å². The molecule has 0 unspecified atom stereocenters. The van der Waals surface area contributed by atoms with Crippen molar-refractivity contribution >= 4 is 11.8 Å². The van der Waals surface area contributed by atoms with Gasteiger partial charge in [-0.3, -0.25) is 0 Å². The van der Waals surface area contributed by atoms with Crippen molar-refractivity contribution < 1.29 is 0 Å². The van der Waals surface area contributed by atoms with Crippen molar-refractivity contribution in [2.75, 3.05) is 6.54 Å². The molecule has 2 rings (SSSR count). The first kappa shape index (κ1) is 10.9. The Kier molecular flexibility index (Phi) is 3.96. The fourth-order valence-electron chi connectivity index (χ4n) is 1.88. The van der Waals surface area contributed by atoms with Crippen LogP contribution in [0.25, 0.3) is 0 Å². The Hall–Kier alpha value is -0.620. The lowest BCUT2D eigenvalue weighted by Crippen LogP contribution is -2.14. The zero-order valence-corrected chi connectivity index (χ0v) is 9.62. The van der Waals surface area contributed by atoms with E-state index in [1.165, 1.54) is 32.1 Å². The van der Waals surface area contributed by atoms with Crippen LogP contribution in [0.2, 0.25) is 0 Å². The number of rotatable bonds is 4. The van der Waals surface area contributed by atoms with E-state index in [4.69, 9.17) is 5.73 Å². The minimum Gasteiger partial charge on any atom is -0.329 e. The lowest BCUT2D eigenvalue weighted by molar-refractivity contribution is 0.511. The molecule has 1 heterocycles. The molecule has 0 atom stereocenters. The van der Waals surface area contributed by atoms with Gasteiger partial charge in [-0.1, -0.05) is 31.0 Å². The van der Waals surface area contributed by atoms with Gasteiger partial charge in [0.2, 0.25) is 5.16 Å². The summed E-state index contributed by atoms with van der Waals surface area (Å²) in [6.45, 7) is 1.30. The van der Waals surface area contributed by atoms with Crippen molar-refractivity contribution in [1.82, 2.24) is 20.2 Å². The number of nitrogens with two attached hydrogens (primary N) is 1. The monoisotopic (exact) mass is 227 g/mol. The molecule has 5 nitrogen and oxygen atoms in total. The van der Waals surface area contributed by atoms with E-state index < -0.39 is 0 Å². The van der Waals surface area contributed by atoms with E-state index in [0.29, 0.717) is 18.3 Å². The van der Waals surface area contributed by atoms with Crippen LogP contribution in [-0.2, 0) is 6.54 Å². The van der Waals surface area contributed by atoms with Crippen molar-refractivity contribution in [2.45, 2.75) is 49.1 Å². The highest BCUT2D eigenvalue weighted by Crippen LogP contribution is 2.31. The van der Waals surface area contributed by atoms with Crippen LogP contribution in [0.4, 0.5) is 0 Å². The zero-order chi connectivity index (χ0) is 10.5. The Labute approximate surface area is 93.8 Å². The molecule has 0 radical (unpaired) electrons. The van der Waals surface area contributed by atoms with Gasteiger partial charge in [-0.2, -0.15) is 0 Å². The summed E-state index contributed by atoms with van der Waals surface area (Å²) >= 11 is 1.81. The molecule has 0 aliphatic heterocycles. The highest BCUT2D eigenvalue weighted by atomic mass is 32.2. The molecular weight excluding hydrogens is 210 g/mol. The van der Waals surface area contributed by atoms with Crippen molar-refractivity contribution in [1.29, 1.82) is 0 Å². The fourth-order valence-corrected chi connectivity index (χ4v) is 3.08. The summed E-state index contributed by atoms with van der Waals surface area (Å²) in [7, 11) is 0. The maximum absolute atomic E-state index is 5.50. The second-order valence-electron chi connectivity index (χ2n) is 3.85. The lowest BCUT2D eigenvalue weighted by atomic mass is 10.0. The number of thioether (sulfide) groups is 1. The Balaban J connectivity index is 1.93. The summed E-state index contributed by atoms with van der Waals surface area (Å²) in [6, 6.07) is 0. The van der Waals surface area contributed by atoms with E-state index in [1.807, 2.05) is 11.8 Å². The first-order chi connectivity index (χ1) is 7.40. The van der Waals surface area contributed by atoms with Gasteiger partial charge in [0, 0.05) is 11.8 Å². The van der Waals surface area contributed by atoms with Gasteiger partial charge >= 0.3 is 0 Å². The van der Waals surface area contributed by atoms with E-state index in [-0.39, 0.29) is 0 Å². The molecule has 0 spiro atoms. The summed E-state index contributed by atoms with van der Waals surface area (Å²) in [5, 5.41) is 13.3. The molecule has 0 saturated heterocycles. The molecule has 1 aromatic rings. The third kappa shape index (κ3) is 2.92. The molecule has 0 amide bonds. The molecule has 6 heteroatoms. The van der Waals surface area contributed by atoms with E-state index in [1.54, 1.807) is 4.68 Å². The van der Waals surface area contributed by atoms with E-state index in [9.17, 15) is 0 Å². The Bertz CT molecular complexity index is 294. The van der Waals surface area contributed by atoms with Crippen molar-refractivity contribution in [3.8, 4) is 0 Å². The predicted octanol–water partition coefficient (Wildman–Crippen LogP) is 1.06. The van der Waals surface area contributed by atoms with Gasteiger partial charge in [-0.15, -0.1) is 5.10 Å². The standard InChI is InChI=1S/C9H17N5S/c10-6-7-14-9(11-12-13-14)15-8-4-2-1-3-5-8/h8H,1-7,10H2. The molecule has 1 saturated carbocycles. The average Bonchev–Trinajstić information content (AvgIpc) is 2.68. The topological polar surface area (TPSA) is 69.6 Å². The zero-order valence-electron chi connectivity index (χ0n) is 8.80. The summed E-state index contributed by atoms with van der Waals surface area (Å²) in [4.78, 5) is 0. The van der Waals surface area contributed by atoms with Crippen LogP contribution in [0.5, 0.6) is 0 Å². The third-order valence-corrected chi connectivity index (χ3v) is 3.97. The van der Waals surface area contributed by atoms with Gasteiger partial charge in [-0.05, 0) is 23.3 Å². The highest BCUT2D eigenvalue weighted by Gasteiger charge is 2.17. The Morgan fingerprint density at radius 2 is 2.13 bits per heavy atom. The van der Waals surface area contributed by atoms with Crippen LogP contribution in [0.3, 0.4) is 0 Å². The predicted molar refractivity (Wildman–Crippen MR) is 59.6 cm³/mol. The molecule has 0 bridgehead atoms. The molecule has 15 heavy (non-hydrogen) atoms. The fraction of sp³-hybridized carbons (Fsp3) is 0.889. The number of aromatic nitrogens is 4. The summed E-state index contributed by atoms with van der Waals surface area (Å²) in [6.07, 6.45) is 6.65. The smallest absolute Gasteiger partial charge is 0.209 e. The quantitative estimate of drug-likeness (QED) is 0.832. The second-order valence-corrected chi connectivity index (χ2v) is 5.12. The molecule has 1 aromatic heterocycles. The maximum atomic E-state index is 5.50. The first-order valence-corrected chi connectivity index (χ1v) is 6.41. The molecule has 2 N–H and O–H groups in total. The first-order valence-electron chi connectivity index (χ1n) is 5.53. The highest BCUT2D eigenvalue weighted by molar-refractivity contribution is 7.99.